The number of anilines is 1. The van der Waals surface area contributed by atoms with Gasteiger partial charge < -0.3 is 20.1 Å². The highest BCUT2D eigenvalue weighted by atomic mass is 32.2. The molecule has 1 saturated heterocycles. The molecule has 1 fully saturated rings. The van der Waals surface area contributed by atoms with E-state index in [1.807, 2.05) is 36.4 Å². The lowest BCUT2D eigenvalue weighted by Crippen LogP contribution is -2.42. The minimum Gasteiger partial charge on any atom is -0.493 e. The molecule has 0 unspecified atom stereocenters. The average molecular weight is 566 g/mol. The largest absolute Gasteiger partial charge is 0.493 e. The molecule has 0 aliphatic carbocycles. The Labute approximate surface area is 235 Å². The summed E-state index contributed by atoms with van der Waals surface area (Å²) in [4.78, 5) is 26.0. The summed E-state index contributed by atoms with van der Waals surface area (Å²) in [6, 6.07) is 21.5. The first kappa shape index (κ1) is 29.1. The summed E-state index contributed by atoms with van der Waals surface area (Å²) in [5, 5.41) is 5.81. The number of carbonyl (C=O) groups excluding carboxylic acids is 2. The lowest BCUT2D eigenvalue weighted by Gasteiger charge is -2.30. The van der Waals surface area contributed by atoms with Gasteiger partial charge in [0, 0.05) is 25.6 Å². The van der Waals surface area contributed by atoms with E-state index in [2.05, 4.69) is 10.6 Å². The van der Waals surface area contributed by atoms with Gasteiger partial charge in [-0.3, -0.25) is 9.59 Å². The molecule has 1 heterocycles. The SMILES string of the molecule is COc1ccc(CCNC(=O)c2ccccc2NC(=O)C2CCN(S(=O)(=O)Cc3ccccc3)CC2)cc1OC. The molecule has 3 aromatic carbocycles. The van der Waals surface area contributed by atoms with Crippen LogP contribution in [-0.4, -0.2) is 58.4 Å². The van der Waals surface area contributed by atoms with E-state index in [-0.39, 0.29) is 36.6 Å². The molecule has 2 amide bonds. The minimum atomic E-state index is -3.46. The number of carbonyl (C=O) groups is 2. The van der Waals surface area contributed by atoms with Crippen LogP contribution in [0.25, 0.3) is 0 Å². The van der Waals surface area contributed by atoms with Gasteiger partial charge in [0.05, 0.1) is 31.2 Å². The Kier molecular flexibility index (Phi) is 9.79. The van der Waals surface area contributed by atoms with Crippen molar-refractivity contribution in [3.8, 4) is 11.5 Å². The summed E-state index contributed by atoms with van der Waals surface area (Å²) in [5.41, 5.74) is 2.51. The van der Waals surface area contributed by atoms with Crippen LogP contribution in [0.1, 0.15) is 34.3 Å². The number of hydrogen-bond acceptors (Lipinski definition) is 6. The van der Waals surface area contributed by atoms with E-state index in [1.165, 1.54) is 4.31 Å². The zero-order valence-corrected chi connectivity index (χ0v) is 23.6. The fraction of sp³-hybridized carbons (Fsp3) is 0.333. The molecule has 1 aliphatic heterocycles. The maximum absolute atomic E-state index is 13.1. The lowest BCUT2D eigenvalue weighted by molar-refractivity contribution is -0.120. The molecule has 9 nitrogen and oxygen atoms in total. The molecular formula is C30H35N3O6S. The molecule has 0 radical (unpaired) electrons. The van der Waals surface area contributed by atoms with E-state index < -0.39 is 10.0 Å². The second-order valence-electron chi connectivity index (χ2n) is 9.65. The molecule has 4 rings (SSSR count). The Bertz CT molecular complexity index is 1420. The van der Waals surface area contributed by atoms with Crippen LogP contribution in [0.4, 0.5) is 5.69 Å². The summed E-state index contributed by atoms with van der Waals surface area (Å²) >= 11 is 0. The number of hydrogen-bond donors (Lipinski definition) is 2. The summed E-state index contributed by atoms with van der Waals surface area (Å²) in [6.07, 6.45) is 1.42. The molecule has 1 aliphatic rings. The highest BCUT2D eigenvalue weighted by Gasteiger charge is 2.31. The number of ether oxygens (including phenoxy) is 2. The number of methoxy groups -OCH3 is 2. The minimum absolute atomic E-state index is 0.0563. The van der Waals surface area contributed by atoms with Gasteiger partial charge in [0.25, 0.3) is 5.91 Å². The van der Waals surface area contributed by atoms with Crippen LogP contribution >= 0.6 is 0 Å². The van der Waals surface area contributed by atoms with Gasteiger partial charge >= 0.3 is 0 Å². The molecule has 2 N–H and O–H groups in total. The number of amides is 2. The van der Waals surface area contributed by atoms with E-state index in [0.717, 1.165) is 11.1 Å². The van der Waals surface area contributed by atoms with E-state index in [0.29, 0.717) is 48.6 Å². The monoisotopic (exact) mass is 565 g/mol. The average Bonchev–Trinajstić information content (AvgIpc) is 2.97. The van der Waals surface area contributed by atoms with Gasteiger partial charge in [-0.1, -0.05) is 48.5 Å². The predicted octanol–water partition coefficient (Wildman–Crippen LogP) is 3.86. The molecule has 40 heavy (non-hydrogen) atoms. The highest BCUT2D eigenvalue weighted by molar-refractivity contribution is 7.88. The van der Waals surface area contributed by atoms with Gasteiger partial charge in [0.15, 0.2) is 11.5 Å². The van der Waals surface area contributed by atoms with Crippen molar-refractivity contribution in [1.29, 1.82) is 0 Å². The van der Waals surface area contributed by atoms with Gasteiger partial charge in [-0.15, -0.1) is 0 Å². The van der Waals surface area contributed by atoms with Crippen LogP contribution in [0.2, 0.25) is 0 Å². The number of piperidine rings is 1. The molecule has 10 heteroatoms. The Morgan fingerprint density at radius 1 is 0.875 bits per heavy atom. The van der Waals surface area contributed by atoms with Crippen molar-refractivity contribution < 1.29 is 27.5 Å². The number of para-hydroxylation sites is 1. The zero-order chi connectivity index (χ0) is 28.5. The number of nitrogens with zero attached hydrogens (tertiary/aromatic N) is 1. The standard InChI is InChI=1S/C30H35N3O6S/c1-38-27-13-12-22(20-28(27)39-2)14-17-31-30(35)25-10-6-7-11-26(25)32-29(34)24-15-18-33(19-16-24)40(36,37)21-23-8-4-3-5-9-23/h3-13,20,24H,14-19,21H2,1-2H3,(H,31,35)(H,32,34). The van der Waals surface area contributed by atoms with Crippen molar-refractivity contribution in [3.05, 3.63) is 89.5 Å². The molecule has 0 saturated carbocycles. The predicted molar refractivity (Wildman–Crippen MR) is 154 cm³/mol. The number of sulfonamides is 1. The molecule has 0 atom stereocenters. The fourth-order valence-electron chi connectivity index (χ4n) is 4.75. The first-order chi connectivity index (χ1) is 19.3. The summed E-state index contributed by atoms with van der Waals surface area (Å²) in [7, 11) is -0.310. The Morgan fingerprint density at radius 2 is 1.55 bits per heavy atom. The van der Waals surface area contributed by atoms with Crippen LogP contribution in [-0.2, 0) is 27.0 Å². The quantitative estimate of drug-likeness (QED) is 0.365. The van der Waals surface area contributed by atoms with Crippen molar-refractivity contribution in [2.45, 2.75) is 25.0 Å². The Morgan fingerprint density at radius 3 is 2.25 bits per heavy atom. The maximum Gasteiger partial charge on any atom is 0.253 e. The van der Waals surface area contributed by atoms with Crippen LogP contribution in [0, 0.1) is 5.92 Å². The van der Waals surface area contributed by atoms with Crippen molar-refractivity contribution in [3.63, 3.8) is 0 Å². The summed E-state index contributed by atoms with van der Waals surface area (Å²) in [5.74, 6) is 0.353. The topological polar surface area (TPSA) is 114 Å². The van der Waals surface area contributed by atoms with Gasteiger partial charge in [-0.2, -0.15) is 0 Å². The van der Waals surface area contributed by atoms with E-state index in [9.17, 15) is 18.0 Å². The van der Waals surface area contributed by atoms with Gasteiger partial charge in [0.2, 0.25) is 15.9 Å². The van der Waals surface area contributed by atoms with E-state index >= 15 is 0 Å². The first-order valence-electron chi connectivity index (χ1n) is 13.2. The van der Waals surface area contributed by atoms with Crippen molar-refractivity contribution >= 4 is 27.5 Å². The van der Waals surface area contributed by atoms with Crippen LogP contribution in [0.15, 0.2) is 72.8 Å². The summed E-state index contributed by atoms with van der Waals surface area (Å²) in [6.45, 7) is 0.962. The fourth-order valence-corrected chi connectivity index (χ4v) is 6.31. The van der Waals surface area contributed by atoms with Gasteiger partial charge in [-0.25, -0.2) is 12.7 Å². The zero-order valence-electron chi connectivity index (χ0n) is 22.8. The van der Waals surface area contributed by atoms with Gasteiger partial charge in [0.1, 0.15) is 0 Å². The molecule has 0 aromatic heterocycles. The van der Waals surface area contributed by atoms with Crippen LogP contribution in [0.3, 0.4) is 0 Å². The second kappa shape index (κ2) is 13.5. The third-order valence-electron chi connectivity index (χ3n) is 6.99. The third-order valence-corrected chi connectivity index (χ3v) is 8.84. The number of rotatable bonds is 11. The van der Waals surface area contributed by atoms with E-state index in [1.54, 1.807) is 50.6 Å². The normalized spacial score (nSPS) is 14.3. The Hall–Kier alpha value is -3.89. The van der Waals surface area contributed by atoms with Crippen LogP contribution < -0.4 is 20.1 Å². The summed E-state index contributed by atoms with van der Waals surface area (Å²) < 4.78 is 37.8. The third kappa shape index (κ3) is 7.40. The first-order valence-corrected chi connectivity index (χ1v) is 14.8. The van der Waals surface area contributed by atoms with E-state index in [4.69, 9.17) is 9.47 Å². The second-order valence-corrected chi connectivity index (χ2v) is 11.6. The number of nitrogens with one attached hydrogen (secondary N) is 2. The van der Waals surface area contributed by atoms with Crippen molar-refractivity contribution in [2.24, 2.45) is 5.92 Å². The lowest BCUT2D eigenvalue weighted by atomic mass is 9.97. The highest BCUT2D eigenvalue weighted by Crippen LogP contribution is 2.28. The number of benzene rings is 3. The Balaban J connectivity index is 1.30. The maximum atomic E-state index is 13.1. The van der Waals surface area contributed by atoms with Crippen molar-refractivity contribution in [1.82, 2.24) is 9.62 Å². The molecule has 3 aromatic rings. The molecule has 0 bridgehead atoms. The molecular weight excluding hydrogens is 530 g/mol. The molecule has 212 valence electrons. The smallest absolute Gasteiger partial charge is 0.253 e. The molecule has 0 spiro atoms. The van der Waals surface area contributed by atoms with Crippen LogP contribution in [0.5, 0.6) is 11.5 Å². The van der Waals surface area contributed by atoms with Gasteiger partial charge in [-0.05, 0) is 54.7 Å². The van der Waals surface area contributed by atoms with Crippen molar-refractivity contribution in [2.75, 3.05) is 39.2 Å².